The molecule has 2 saturated heterocycles. The lowest BCUT2D eigenvalue weighted by atomic mass is 9.72. The number of carbonyl (C=O) groups excluding carboxylic acids is 2. The quantitative estimate of drug-likeness (QED) is 0.461. The van der Waals surface area contributed by atoms with Crippen LogP contribution in [-0.4, -0.2) is 57.0 Å². The van der Waals surface area contributed by atoms with E-state index in [1.807, 2.05) is 19.9 Å². The molecular formula is C28H41NO7. The second-order valence-electron chi connectivity index (χ2n) is 12.1. The number of fused-ring (bicyclic) bond motifs is 2. The number of epoxide rings is 1. The second kappa shape index (κ2) is 9.69. The van der Waals surface area contributed by atoms with E-state index in [0.29, 0.717) is 29.8 Å². The molecule has 9 atom stereocenters. The van der Waals surface area contributed by atoms with Crippen molar-refractivity contribution in [1.82, 2.24) is 4.98 Å². The molecule has 200 valence electrons. The maximum Gasteiger partial charge on any atom is 0.309 e. The fraction of sp³-hybridized carbons (Fsp3) is 0.750. The molecule has 4 rings (SSSR count). The third kappa shape index (κ3) is 5.46. The number of ketones is 1. The molecule has 0 amide bonds. The Kier molecular flexibility index (Phi) is 7.27. The Morgan fingerprint density at radius 3 is 2.50 bits per heavy atom. The molecule has 1 aromatic rings. The van der Waals surface area contributed by atoms with Crippen LogP contribution < -0.4 is 0 Å². The summed E-state index contributed by atoms with van der Waals surface area (Å²) in [6, 6.07) is 0. The lowest BCUT2D eigenvalue weighted by Crippen LogP contribution is -2.46. The van der Waals surface area contributed by atoms with Crippen molar-refractivity contribution in [3.8, 4) is 0 Å². The van der Waals surface area contributed by atoms with Gasteiger partial charge in [-0.2, -0.15) is 0 Å². The molecule has 3 heterocycles. The highest BCUT2D eigenvalue weighted by molar-refractivity contribution is 5.88. The normalized spacial score (nSPS) is 41.8. The van der Waals surface area contributed by atoms with Crippen LogP contribution in [0.1, 0.15) is 78.8 Å². The largest absolute Gasteiger partial charge is 0.458 e. The number of carbonyl (C=O) groups is 2. The van der Waals surface area contributed by atoms with Gasteiger partial charge in [0.05, 0.1) is 35.7 Å². The number of aliphatic hydroxyl groups excluding tert-OH is 2. The zero-order chi connectivity index (χ0) is 26.6. The highest BCUT2D eigenvalue weighted by Gasteiger charge is 2.58. The van der Waals surface area contributed by atoms with Crippen molar-refractivity contribution < 1.29 is 33.7 Å². The van der Waals surface area contributed by atoms with Gasteiger partial charge in [0.25, 0.3) is 0 Å². The van der Waals surface area contributed by atoms with Gasteiger partial charge in [-0.15, -0.1) is 0 Å². The van der Waals surface area contributed by atoms with Crippen LogP contribution in [-0.2, 0) is 19.1 Å². The summed E-state index contributed by atoms with van der Waals surface area (Å²) in [5, 5.41) is 21.9. The Bertz CT molecular complexity index is 1030. The number of nitrogens with zero attached hydrogens (tertiary/aromatic N) is 1. The summed E-state index contributed by atoms with van der Waals surface area (Å²) >= 11 is 0. The Hall–Kier alpha value is -2.03. The standard InChI is InChI=1S/C28H41NO7/c1-14(8-19-13-34-17(4)29-19)21-10-23-28(7,36-23)12-18-9-20(18)15(2)25(32)16(3)26(33)27(5,6)22(30)11-24(31)35-21/h8,13,15-16,18,20-23,25,30,32H,9-12H2,1-7H3/b14-8+/t15-,16+,18?,20?,21-,22+,23?,25-,28?/m0/s1. The van der Waals surface area contributed by atoms with Gasteiger partial charge in [-0.05, 0) is 56.1 Å². The zero-order valence-electron chi connectivity index (χ0n) is 22.5. The van der Waals surface area contributed by atoms with Crippen LogP contribution >= 0.6 is 0 Å². The number of Topliss-reactive ketones (excluding diaryl/α,β-unsaturated/α-hetero) is 1. The number of rotatable bonds is 2. The third-order valence-electron chi connectivity index (χ3n) is 8.87. The predicted molar refractivity (Wildman–Crippen MR) is 133 cm³/mol. The first-order chi connectivity index (χ1) is 16.7. The van der Waals surface area contributed by atoms with Gasteiger partial charge in [-0.3, -0.25) is 9.59 Å². The number of hydrogen-bond donors (Lipinski definition) is 2. The highest BCUT2D eigenvalue weighted by Crippen LogP contribution is 2.56. The minimum Gasteiger partial charge on any atom is -0.458 e. The van der Waals surface area contributed by atoms with E-state index in [0.717, 1.165) is 18.4 Å². The lowest BCUT2D eigenvalue weighted by Gasteiger charge is -2.34. The number of hydrogen-bond acceptors (Lipinski definition) is 8. The molecule has 2 N–H and O–H groups in total. The molecule has 8 nitrogen and oxygen atoms in total. The highest BCUT2D eigenvalue weighted by atomic mass is 16.6. The van der Waals surface area contributed by atoms with Crippen LogP contribution in [0.5, 0.6) is 0 Å². The Balaban J connectivity index is 1.59. The first kappa shape index (κ1) is 27.0. The molecule has 1 saturated carbocycles. The van der Waals surface area contributed by atoms with E-state index in [9.17, 15) is 19.8 Å². The molecule has 1 aliphatic carbocycles. The topological polar surface area (TPSA) is 122 Å². The molecule has 0 bridgehead atoms. The second-order valence-corrected chi connectivity index (χ2v) is 12.1. The summed E-state index contributed by atoms with van der Waals surface area (Å²) in [6.45, 7) is 12.7. The minimum atomic E-state index is -1.24. The Morgan fingerprint density at radius 1 is 1.17 bits per heavy atom. The summed E-state index contributed by atoms with van der Waals surface area (Å²) in [6.07, 6.45) is 2.76. The molecule has 36 heavy (non-hydrogen) atoms. The summed E-state index contributed by atoms with van der Waals surface area (Å²) in [5.41, 5.74) is -0.0768. The number of aromatic nitrogens is 1. The molecule has 2 aliphatic heterocycles. The number of aliphatic hydroxyl groups is 2. The number of esters is 1. The van der Waals surface area contributed by atoms with Crippen LogP contribution in [0.25, 0.3) is 6.08 Å². The van der Waals surface area contributed by atoms with Crippen LogP contribution in [0, 0.1) is 36.0 Å². The number of cyclic esters (lactones) is 1. The predicted octanol–water partition coefficient (Wildman–Crippen LogP) is 3.86. The van der Waals surface area contributed by atoms with E-state index in [2.05, 4.69) is 11.9 Å². The Labute approximate surface area is 213 Å². The van der Waals surface area contributed by atoms with Gasteiger partial charge in [0, 0.05) is 19.3 Å². The molecule has 3 aliphatic rings. The minimum absolute atomic E-state index is 0.0376. The van der Waals surface area contributed by atoms with Crippen LogP contribution in [0.2, 0.25) is 0 Å². The van der Waals surface area contributed by atoms with Gasteiger partial charge in [-0.25, -0.2) is 4.98 Å². The van der Waals surface area contributed by atoms with Gasteiger partial charge < -0.3 is 24.1 Å². The number of aryl methyl sites for hydroxylation is 1. The first-order valence-corrected chi connectivity index (χ1v) is 13.1. The maximum absolute atomic E-state index is 13.3. The summed E-state index contributed by atoms with van der Waals surface area (Å²) in [5.74, 6) is -0.222. The van der Waals surface area contributed by atoms with Crippen molar-refractivity contribution in [1.29, 1.82) is 0 Å². The van der Waals surface area contributed by atoms with Crippen LogP contribution in [0.4, 0.5) is 0 Å². The fourth-order valence-corrected chi connectivity index (χ4v) is 5.97. The van der Waals surface area contributed by atoms with E-state index in [4.69, 9.17) is 13.9 Å². The smallest absolute Gasteiger partial charge is 0.309 e. The monoisotopic (exact) mass is 503 g/mol. The molecule has 0 radical (unpaired) electrons. The average Bonchev–Trinajstić information content (AvgIpc) is 3.66. The van der Waals surface area contributed by atoms with E-state index in [1.165, 1.54) is 0 Å². The summed E-state index contributed by atoms with van der Waals surface area (Å²) in [4.78, 5) is 30.6. The number of ether oxygens (including phenoxy) is 2. The Morgan fingerprint density at radius 2 is 1.86 bits per heavy atom. The molecule has 0 aromatic carbocycles. The summed E-state index contributed by atoms with van der Waals surface area (Å²) in [7, 11) is 0. The van der Waals surface area contributed by atoms with Crippen LogP contribution in [0.15, 0.2) is 16.3 Å². The summed E-state index contributed by atoms with van der Waals surface area (Å²) < 4.78 is 17.3. The van der Waals surface area contributed by atoms with Gasteiger partial charge in [0.2, 0.25) is 0 Å². The van der Waals surface area contributed by atoms with E-state index in [1.54, 1.807) is 34.0 Å². The van der Waals surface area contributed by atoms with Crippen molar-refractivity contribution in [3.05, 3.63) is 23.4 Å². The van der Waals surface area contributed by atoms with Gasteiger partial charge in [0.1, 0.15) is 23.8 Å². The molecule has 0 spiro atoms. The van der Waals surface area contributed by atoms with Crippen molar-refractivity contribution in [2.75, 3.05) is 0 Å². The van der Waals surface area contributed by atoms with E-state index in [-0.39, 0.29) is 29.8 Å². The van der Waals surface area contributed by atoms with Gasteiger partial charge in [-0.1, -0.05) is 27.7 Å². The van der Waals surface area contributed by atoms with Crippen LogP contribution in [0.3, 0.4) is 0 Å². The maximum atomic E-state index is 13.3. The third-order valence-corrected chi connectivity index (χ3v) is 8.87. The molecule has 8 heteroatoms. The lowest BCUT2D eigenvalue weighted by molar-refractivity contribution is -0.154. The van der Waals surface area contributed by atoms with Gasteiger partial charge in [0.15, 0.2) is 5.89 Å². The van der Waals surface area contributed by atoms with Crippen molar-refractivity contribution in [2.24, 2.45) is 29.1 Å². The van der Waals surface area contributed by atoms with Crippen molar-refractivity contribution in [3.63, 3.8) is 0 Å². The molecule has 1 aromatic heterocycles. The average molecular weight is 504 g/mol. The SMILES string of the molecule is C/C(=C\c1coc(C)n1)[C@@H]1CC2OC2(C)CC2CC2[C@H](C)[C@H](O)[C@@H](C)C(=O)C(C)(C)[C@H](O)CC(=O)O1. The van der Waals surface area contributed by atoms with Crippen molar-refractivity contribution in [2.45, 2.75) is 104 Å². The van der Waals surface area contributed by atoms with E-state index < -0.39 is 35.6 Å². The zero-order valence-corrected chi connectivity index (χ0v) is 22.5. The van der Waals surface area contributed by atoms with Gasteiger partial charge >= 0.3 is 5.97 Å². The molecule has 3 fully saturated rings. The van der Waals surface area contributed by atoms with Crippen molar-refractivity contribution >= 4 is 17.8 Å². The number of oxazole rings is 1. The fourth-order valence-electron chi connectivity index (χ4n) is 5.97. The van der Waals surface area contributed by atoms with E-state index >= 15 is 0 Å². The molecular weight excluding hydrogens is 462 g/mol. The first-order valence-electron chi connectivity index (χ1n) is 13.1. The molecule has 4 unspecified atom stereocenters.